The number of benzene rings is 2. The number of carbonyl (C=O) groups is 3. The number of amides is 3. The first-order chi connectivity index (χ1) is 14.7. The van der Waals surface area contributed by atoms with Crippen molar-refractivity contribution in [2.75, 3.05) is 26.1 Å². The van der Waals surface area contributed by atoms with Gasteiger partial charge >= 0.3 is 0 Å². The van der Waals surface area contributed by atoms with E-state index in [4.69, 9.17) is 22.1 Å². The zero-order chi connectivity index (χ0) is 22.8. The third kappa shape index (κ3) is 3.94. The van der Waals surface area contributed by atoms with Crippen LogP contribution in [0.1, 0.15) is 15.9 Å². The van der Waals surface area contributed by atoms with Crippen LogP contribution in [0.5, 0.6) is 5.75 Å². The number of nitrogens with one attached hydrogen (secondary N) is 3. The van der Waals surface area contributed by atoms with Crippen molar-refractivity contribution in [2.45, 2.75) is 5.54 Å². The van der Waals surface area contributed by atoms with Crippen molar-refractivity contribution < 1.29 is 23.5 Å². The Labute approximate surface area is 181 Å². The topological polar surface area (TPSA) is 135 Å². The van der Waals surface area contributed by atoms with E-state index in [1.807, 2.05) is 0 Å². The second kappa shape index (κ2) is 8.70. The fraction of sp³-hybridized carbons (Fsp3) is 0.200. The zero-order valence-electron chi connectivity index (χ0n) is 16.6. The molecule has 1 atom stereocenters. The Balaban J connectivity index is 1.99. The molecule has 0 radical (unpaired) electrons. The van der Waals surface area contributed by atoms with Crippen LogP contribution in [0.2, 0.25) is 5.02 Å². The summed E-state index contributed by atoms with van der Waals surface area (Å²) in [6.07, 6.45) is 0. The van der Waals surface area contributed by atoms with Crippen molar-refractivity contribution >= 4 is 40.7 Å². The molecule has 2 aromatic rings. The third-order valence-electron chi connectivity index (χ3n) is 4.81. The highest BCUT2D eigenvalue weighted by atomic mass is 35.5. The molecule has 0 saturated heterocycles. The maximum Gasteiger partial charge on any atom is 0.267 e. The van der Waals surface area contributed by atoms with Gasteiger partial charge < -0.3 is 21.1 Å². The summed E-state index contributed by atoms with van der Waals surface area (Å²) in [7, 11) is 2.78. The van der Waals surface area contributed by atoms with E-state index >= 15 is 0 Å². The molecule has 0 spiro atoms. The Morgan fingerprint density at radius 1 is 1.23 bits per heavy atom. The number of hydrogen-bond acceptors (Lipinski definition) is 6. The normalized spacial score (nSPS) is 17.6. The number of primary amides is 1. The van der Waals surface area contributed by atoms with E-state index in [-0.39, 0.29) is 34.4 Å². The van der Waals surface area contributed by atoms with Gasteiger partial charge in [0.15, 0.2) is 5.54 Å². The lowest BCUT2D eigenvalue weighted by Gasteiger charge is -2.28. The monoisotopic (exact) mass is 447 g/mol. The number of nitrogens with zero attached hydrogens (tertiary/aromatic N) is 1. The molecule has 0 fully saturated rings. The molecule has 0 aliphatic carbocycles. The van der Waals surface area contributed by atoms with Crippen LogP contribution < -0.4 is 26.4 Å². The molecule has 31 heavy (non-hydrogen) atoms. The SMILES string of the molecule is CNC(=O)C1=NCNC1(C(N)=O)c1ccc(NC(=O)c2ccc(F)cc2Cl)c(OC)c1. The maximum atomic E-state index is 13.2. The standard InChI is InChI=1S/C20H19ClFN5O4/c1-24-18(29)16-20(19(23)30,26-9-25-16)10-3-6-14(15(7-10)31-2)27-17(28)12-5-4-11(22)8-13(12)21/h3-8,26H,9H2,1-2H3,(H2,23,30)(H,24,29)(H,27,28). The molecule has 3 amide bonds. The van der Waals surface area contributed by atoms with Crippen LogP contribution in [-0.2, 0) is 15.1 Å². The Kier molecular flexibility index (Phi) is 6.23. The van der Waals surface area contributed by atoms with Crippen molar-refractivity contribution in [2.24, 2.45) is 10.7 Å². The number of methoxy groups -OCH3 is 1. The fourth-order valence-corrected chi connectivity index (χ4v) is 3.53. The minimum Gasteiger partial charge on any atom is -0.495 e. The van der Waals surface area contributed by atoms with E-state index in [9.17, 15) is 18.8 Å². The van der Waals surface area contributed by atoms with Crippen LogP contribution in [0.3, 0.4) is 0 Å². The molecule has 2 aromatic carbocycles. The van der Waals surface area contributed by atoms with Gasteiger partial charge in [-0.1, -0.05) is 17.7 Å². The number of rotatable bonds is 6. The minimum absolute atomic E-state index is 0.00949. The fourth-order valence-electron chi connectivity index (χ4n) is 3.28. The van der Waals surface area contributed by atoms with Crippen LogP contribution in [0.25, 0.3) is 0 Å². The molecule has 1 aliphatic rings. The number of nitrogens with two attached hydrogens (primary N) is 1. The Hall–Kier alpha value is -3.50. The summed E-state index contributed by atoms with van der Waals surface area (Å²) in [5.41, 5.74) is 4.51. The van der Waals surface area contributed by atoms with Gasteiger partial charge in [0.05, 0.1) is 30.1 Å². The summed E-state index contributed by atoms with van der Waals surface area (Å²) in [6, 6.07) is 7.84. The van der Waals surface area contributed by atoms with Crippen molar-refractivity contribution in [3.8, 4) is 5.75 Å². The van der Waals surface area contributed by atoms with Gasteiger partial charge in [0.25, 0.3) is 11.8 Å². The molecule has 1 aliphatic heterocycles. The molecule has 1 unspecified atom stereocenters. The highest BCUT2D eigenvalue weighted by Gasteiger charge is 2.49. The summed E-state index contributed by atoms with van der Waals surface area (Å²) < 4.78 is 18.6. The van der Waals surface area contributed by atoms with Gasteiger partial charge in [-0.25, -0.2) is 4.39 Å². The highest BCUT2D eigenvalue weighted by molar-refractivity contribution is 6.47. The van der Waals surface area contributed by atoms with E-state index in [1.54, 1.807) is 0 Å². The van der Waals surface area contributed by atoms with E-state index in [2.05, 4.69) is 20.9 Å². The summed E-state index contributed by atoms with van der Waals surface area (Å²) in [6.45, 7) is 0.00949. The van der Waals surface area contributed by atoms with Crippen LogP contribution in [-0.4, -0.2) is 44.3 Å². The van der Waals surface area contributed by atoms with Gasteiger partial charge in [-0.15, -0.1) is 0 Å². The molecule has 11 heteroatoms. The number of ether oxygens (including phenoxy) is 1. The Morgan fingerprint density at radius 3 is 2.58 bits per heavy atom. The van der Waals surface area contributed by atoms with Crippen LogP contribution in [0.15, 0.2) is 41.4 Å². The van der Waals surface area contributed by atoms with Crippen LogP contribution in [0, 0.1) is 5.82 Å². The molecule has 0 aromatic heterocycles. The molecular formula is C20H19ClFN5O4. The zero-order valence-corrected chi connectivity index (χ0v) is 17.3. The lowest BCUT2D eigenvalue weighted by atomic mass is 9.84. The van der Waals surface area contributed by atoms with Crippen LogP contribution in [0.4, 0.5) is 10.1 Å². The van der Waals surface area contributed by atoms with Crippen molar-refractivity contribution in [1.29, 1.82) is 0 Å². The Morgan fingerprint density at radius 2 is 1.97 bits per heavy atom. The number of halogens is 2. The van der Waals surface area contributed by atoms with E-state index < -0.39 is 29.1 Å². The van der Waals surface area contributed by atoms with Crippen molar-refractivity contribution in [1.82, 2.24) is 10.6 Å². The Bertz CT molecular complexity index is 1110. The second-order valence-corrected chi connectivity index (χ2v) is 6.94. The first-order valence-electron chi connectivity index (χ1n) is 9.01. The molecular weight excluding hydrogens is 429 g/mol. The molecule has 9 nitrogen and oxygen atoms in total. The smallest absolute Gasteiger partial charge is 0.267 e. The number of aliphatic imine (C=N–C) groups is 1. The number of hydrogen-bond donors (Lipinski definition) is 4. The summed E-state index contributed by atoms with van der Waals surface area (Å²) in [5.74, 6) is -2.37. The lowest BCUT2D eigenvalue weighted by molar-refractivity contribution is -0.123. The van der Waals surface area contributed by atoms with Gasteiger partial charge in [-0.05, 0) is 35.9 Å². The van der Waals surface area contributed by atoms with E-state index in [0.717, 1.165) is 12.1 Å². The van der Waals surface area contributed by atoms with E-state index in [0.29, 0.717) is 5.56 Å². The predicted molar refractivity (Wildman–Crippen MR) is 113 cm³/mol. The van der Waals surface area contributed by atoms with Gasteiger partial charge in [0.2, 0.25) is 5.91 Å². The van der Waals surface area contributed by atoms with Gasteiger partial charge in [0.1, 0.15) is 17.3 Å². The molecule has 5 N–H and O–H groups in total. The maximum absolute atomic E-state index is 13.2. The van der Waals surface area contributed by atoms with Crippen LogP contribution >= 0.6 is 11.6 Å². The number of anilines is 1. The minimum atomic E-state index is -1.67. The average Bonchev–Trinajstić information content (AvgIpc) is 3.19. The first-order valence-corrected chi connectivity index (χ1v) is 9.39. The molecule has 0 bridgehead atoms. The largest absolute Gasteiger partial charge is 0.495 e. The van der Waals surface area contributed by atoms with Crippen molar-refractivity contribution in [3.63, 3.8) is 0 Å². The van der Waals surface area contributed by atoms with Gasteiger partial charge in [-0.3, -0.25) is 24.7 Å². The molecule has 3 rings (SSSR count). The van der Waals surface area contributed by atoms with E-state index in [1.165, 1.54) is 38.4 Å². The molecule has 1 heterocycles. The van der Waals surface area contributed by atoms with Gasteiger partial charge in [-0.2, -0.15) is 0 Å². The number of carbonyl (C=O) groups excluding carboxylic acids is 3. The average molecular weight is 448 g/mol. The molecule has 0 saturated carbocycles. The quantitative estimate of drug-likeness (QED) is 0.527. The molecule has 162 valence electrons. The summed E-state index contributed by atoms with van der Waals surface area (Å²) in [4.78, 5) is 41.3. The predicted octanol–water partition coefficient (Wildman–Crippen LogP) is 1.17. The van der Waals surface area contributed by atoms with Crippen molar-refractivity contribution in [3.05, 3.63) is 58.4 Å². The second-order valence-electron chi connectivity index (χ2n) is 6.53. The summed E-state index contributed by atoms with van der Waals surface area (Å²) >= 11 is 5.95. The highest BCUT2D eigenvalue weighted by Crippen LogP contribution is 2.34. The summed E-state index contributed by atoms with van der Waals surface area (Å²) in [5, 5.41) is 7.87. The van der Waals surface area contributed by atoms with Gasteiger partial charge in [0, 0.05) is 7.05 Å². The first kappa shape index (κ1) is 22.2. The lowest BCUT2D eigenvalue weighted by Crippen LogP contribution is -2.58. The third-order valence-corrected chi connectivity index (χ3v) is 5.12.